The number of rotatable bonds is 10. The van der Waals surface area contributed by atoms with Crippen LogP contribution >= 0.6 is 0 Å². The number of Topliss-reactive ketones (excluding diaryl/α,β-unsaturated/α-hetero) is 1. The Morgan fingerprint density at radius 1 is 0.951 bits per heavy atom. The zero-order chi connectivity index (χ0) is 30.3. The van der Waals surface area contributed by atoms with E-state index in [2.05, 4.69) is 5.32 Å². The minimum Gasteiger partial charge on any atom is -0.478 e. The maximum atomic E-state index is 13.4. The zero-order valence-corrected chi connectivity index (χ0v) is 21.9. The first kappa shape index (κ1) is 30.6. The molecule has 2 aromatic carbocycles. The van der Waals surface area contributed by atoms with Crippen LogP contribution < -0.4 is 16.2 Å². The number of anilines is 1. The smallest absolute Gasteiger partial charge is 0.452 e. The molecular weight excluding hydrogens is 547 g/mol. The number of carbonyl (C=O) groups excluding carboxylic acids is 3. The number of halogens is 3. The molecule has 0 radical (unpaired) electrons. The Labute approximate surface area is 231 Å². The molecule has 3 N–H and O–H groups in total. The van der Waals surface area contributed by atoms with E-state index in [4.69, 9.17) is 9.84 Å². The van der Waals surface area contributed by atoms with Gasteiger partial charge in [-0.25, -0.2) is 9.59 Å². The Balaban J connectivity index is 1.93. The third-order valence-electron chi connectivity index (χ3n) is 5.90. The molecular formula is C28H26F3N3O7. The topological polar surface area (TPSA) is 144 Å². The molecule has 10 nitrogen and oxygen atoms in total. The molecule has 0 saturated carbocycles. The molecule has 0 aliphatic rings. The van der Waals surface area contributed by atoms with Crippen molar-refractivity contribution < 1.29 is 42.2 Å². The maximum Gasteiger partial charge on any atom is 0.452 e. The second-order valence-corrected chi connectivity index (χ2v) is 9.24. The number of hydrogen-bond acceptors (Lipinski definition) is 6. The second kappa shape index (κ2) is 12.9. The lowest BCUT2D eigenvalue weighted by molar-refractivity contribution is -0.174. The highest BCUT2D eigenvalue weighted by molar-refractivity contribution is 5.93. The van der Waals surface area contributed by atoms with Gasteiger partial charge in [0.25, 0.3) is 11.3 Å². The average Bonchev–Trinajstić information content (AvgIpc) is 2.92. The van der Waals surface area contributed by atoms with E-state index in [-0.39, 0.29) is 23.6 Å². The molecule has 1 heterocycles. The first-order valence-corrected chi connectivity index (χ1v) is 12.2. The van der Waals surface area contributed by atoms with E-state index in [0.717, 1.165) is 4.57 Å². The summed E-state index contributed by atoms with van der Waals surface area (Å²) in [5.74, 6) is -5.33. The van der Waals surface area contributed by atoms with Gasteiger partial charge in [-0.15, -0.1) is 0 Å². The van der Waals surface area contributed by atoms with Crippen molar-refractivity contribution in [1.82, 2.24) is 9.88 Å². The van der Waals surface area contributed by atoms with Gasteiger partial charge in [-0.2, -0.15) is 13.2 Å². The fourth-order valence-corrected chi connectivity index (χ4v) is 3.81. The Bertz CT molecular complexity index is 1480. The summed E-state index contributed by atoms with van der Waals surface area (Å²) in [5.41, 5.74) is -0.179. The molecule has 0 bridgehead atoms. The molecule has 0 saturated heterocycles. The lowest BCUT2D eigenvalue weighted by Crippen LogP contribution is -2.50. The lowest BCUT2D eigenvalue weighted by atomic mass is 9.99. The number of nitrogens with zero attached hydrogens (tertiary/aromatic N) is 1. The van der Waals surface area contributed by atoms with E-state index in [1.165, 1.54) is 50.2 Å². The van der Waals surface area contributed by atoms with Gasteiger partial charge in [0, 0.05) is 0 Å². The molecule has 1 aromatic heterocycles. The molecule has 13 heteroatoms. The van der Waals surface area contributed by atoms with Crippen molar-refractivity contribution in [1.29, 1.82) is 0 Å². The second-order valence-electron chi connectivity index (χ2n) is 9.24. The molecule has 41 heavy (non-hydrogen) atoms. The number of aromatic carboxylic acids is 1. The summed E-state index contributed by atoms with van der Waals surface area (Å²) in [6, 6.07) is 14.7. The van der Waals surface area contributed by atoms with Crippen LogP contribution in [0.1, 0.15) is 29.8 Å². The van der Waals surface area contributed by atoms with E-state index < -0.39 is 54.0 Å². The highest BCUT2D eigenvalue weighted by atomic mass is 19.4. The normalized spacial score (nSPS) is 12.0. The number of ketones is 1. The van der Waals surface area contributed by atoms with Crippen LogP contribution in [0.3, 0.4) is 0 Å². The number of ether oxygens (including phenoxy) is 1. The van der Waals surface area contributed by atoms with Gasteiger partial charge in [0.15, 0.2) is 0 Å². The number of aromatic nitrogens is 1. The number of carboxylic acids is 1. The van der Waals surface area contributed by atoms with Crippen molar-refractivity contribution >= 4 is 29.4 Å². The van der Waals surface area contributed by atoms with Crippen molar-refractivity contribution in [3.63, 3.8) is 0 Å². The standard InChI is InChI=1S/C28H26F3N3O7/c1-16(2)23(24(36)28(29,30)31)33-22(35)14-34-21(18-8-10-19(11-9-18)26(38)39)13-12-20(25(34)37)32-27(40)41-15-17-6-4-3-5-7-17/h3-13,16,23H,14-15H2,1-2H3,(H,32,40)(H,33,35)(H,38,39). The van der Waals surface area contributed by atoms with Crippen LogP contribution in [-0.2, 0) is 27.5 Å². The van der Waals surface area contributed by atoms with Crippen LogP contribution in [0, 0.1) is 5.92 Å². The van der Waals surface area contributed by atoms with Gasteiger partial charge in [0.2, 0.25) is 5.91 Å². The van der Waals surface area contributed by atoms with Crippen LogP contribution in [0.5, 0.6) is 0 Å². The number of amides is 2. The predicted octanol–water partition coefficient (Wildman–Crippen LogP) is 4.23. The Hall–Kier alpha value is -4.94. The monoisotopic (exact) mass is 573 g/mol. The van der Waals surface area contributed by atoms with Crippen LogP contribution in [0.15, 0.2) is 71.5 Å². The minimum absolute atomic E-state index is 0.0507. The molecule has 0 aliphatic heterocycles. The van der Waals surface area contributed by atoms with Gasteiger partial charge >= 0.3 is 18.2 Å². The van der Waals surface area contributed by atoms with Crippen LogP contribution in [-0.4, -0.2) is 45.6 Å². The van der Waals surface area contributed by atoms with Gasteiger partial charge in [0.05, 0.1) is 17.3 Å². The predicted molar refractivity (Wildman–Crippen MR) is 141 cm³/mol. The van der Waals surface area contributed by atoms with Crippen LogP contribution in [0.4, 0.5) is 23.7 Å². The lowest BCUT2D eigenvalue weighted by Gasteiger charge is -2.23. The van der Waals surface area contributed by atoms with Gasteiger partial charge in [-0.05, 0) is 41.3 Å². The first-order valence-electron chi connectivity index (χ1n) is 12.2. The van der Waals surface area contributed by atoms with Crippen LogP contribution in [0.25, 0.3) is 11.3 Å². The molecule has 0 spiro atoms. The quantitative estimate of drug-likeness (QED) is 0.329. The largest absolute Gasteiger partial charge is 0.478 e. The minimum atomic E-state index is -5.19. The Morgan fingerprint density at radius 3 is 2.15 bits per heavy atom. The number of pyridine rings is 1. The molecule has 1 atom stereocenters. The number of hydrogen-bond donors (Lipinski definition) is 3. The van der Waals surface area contributed by atoms with E-state index in [0.29, 0.717) is 11.1 Å². The summed E-state index contributed by atoms with van der Waals surface area (Å²) in [7, 11) is 0. The molecule has 3 aromatic rings. The van der Waals surface area contributed by atoms with Crippen LogP contribution in [0.2, 0.25) is 0 Å². The average molecular weight is 574 g/mol. The number of carboxylic acid groups (broad SMARTS) is 1. The van der Waals surface area contributed by atoms with E-state index in [1.54, 1.807) is 30.3 Å². The molecule has 0 aliphatic carbocycles. The first-order chi connectivity index (χ1) is 19.3. The zero-order valence-electron chi connectivity index (χ0n) is 21.9. The number of carbonyl (C=O) groups is 4. The molecule has 1 unspecified atom stereocenters. The maximum absolute atomic E-state index is 13.4. The van der Waals surface area contributed by atoms with Gasteiger partial charge in [-0.3, -0.25) is 24.3 Å². The van der Waals surface area contributed by atoms with Crippen molar-refractivity contribution in [3.8, 4) is 11.3 Å². The summed E-state index contributed by atoms with van der Waals surface area (Å²) >= 11 is 0. The van der Waals surface area contributed by atoms with E-state index in [1.807, 2.05) is 5.32 Å². The highest BCUT2D eigenvalue weighted by Crippen LogP contribution is 2.23. The van der Waals surface area contributed by atoms with Crippen molar-refractivity contribution in [2.24, 2.45) is 5.92 Å². The molecule has 0 fully saturated rings. The number of benzene rings is 2. The summed E-state index contributed by atoms with van der Waals surface area (Å²) in [6.07, 6.45) is -6.17. The third-order valence-corrected chi connectivity index (χ3v) is 5.90. The summed E-state index contributed by atoms with van der Waals surface area (Å²) in [6.45, 7) is 1.72. The van der Waals surface area contributed by atoms with E-state index in [9.17, 15) is 37.1 Å². The fraction of sp³-hybridized carbons (Fsp3) is 0.250. The van der Waals surface area contributed by atoms with E-state index >= 15 is 0 Å². The van der Waals surface area contributed by atoms with Crippen molar-refractivity contribution in [2.75, 3.05) is 5.32 Å². The highest BCUT2D eigenvalue weighted by Gasteiger charge is 2.45. The fourth-order valence-electron chi connectivity index (χ4n) is 3.81. The number of nitrogens with one attached hydrogen (secondary N) is 2. The Morgan fingerprint density at radius 2 is 1.59 bits per heavy atom. The third kappa shape index (κ3) is 8.03. The molecule has 216 valence electrons. The van der Waals surface area contributed by atoms with Gasteiger partial charge < -0.3 is 15.2 Å². The summed E-state index contributed by atoms with van der Waals surface area (Å²) < 4.78 is 45.2. The number of alkyl halides is 3. The van der Waals surface area contributed by atoms with Crippen molar-refractivity contribution in [2.45, 2.75) is 39.2 Å². The summed E-state index contributed by atoms with van der Waals surface area (Å²) in [4.78, 5) is 61.7. The molecule has 3 rings (SSSR count). The van der Waals surface area contributed by atoms with Crippen molar-refractivity contribution in [3.05, 3.63) is 88.2 Å². The SMILES string of the molecule is CC(C)C(NC(=O)Cn1c(-c2ccc(C(=O)O)cc2)ccc(NC(=O)OCc2ccccc2)c1=O)C(=O)C(F)(F)F. The summed E-state index contributed by atoms with van der Waals surface area (Å²) in [5, 5.41) is 13.5. The Kier molecular flexibility index (Phi) is 9.66. The van der Waals surface area contributed by atoms with Gasteiger partial charge in [0.1, 0.15) is 18.8 Å². The van der Waals surface area contributed by atoms with Gasteiger partial charge in [-0.1, -0.05) is 56.3 Å². The molecule has 2 amide bonds.